The van der Waals surface area contributed by atoms with E-state index in [2.05, 4.69) is 30.7 Å². The molecule has 0 bridgehead atoms. The molecule has 0 aromatic rings. The smallest absolute Gasteiger partial charge is 0.0240 e. The molecule has 0 aromatic heterocycles. The zero-order valence-electron chi connectivity index (χ0n) is 11.7. The highest BCUT2D eigenvalue weighted by molar-refractivity contribution is 4.93. The van der Waals surface area contributed by atoms with Gasteiger partial charge in [-0.05, 0) is 52.2 Å². The van der Waals surface area contributed by atoms with Crippen LogP contribution < -0.4 is 5.73 Å². The minimum absolute atomic E-state index is 0.742. The molecule has 2 rings (SSSR count). The third-order valence-corrected chi connectivity index (χ3v) is 5.05. The van der Waals surface area contributed by atoms with E-state index in [0.717, 1.165) is 30.6 Å². The molecule has 1 aliphatic heterocycles. The number of hydrogen-bond acceptors (Lipinski definition) is 3. The Balaban J connectivity index is 2.01. The minimum Gasteiger partial charge on any atom is -0.330 e. The Morgan fingerprint density at radius 3 is 2.65 bits per heavy atom. The molecule has 2 N–H and O–H groups in total. The first-order valence-corrected chi connectivity index (χ1v) is 7.33. The van der Waals surface area contributed by atoms with Crippen molar-refractivity contribution in [3.8, 4) is 0 Å². The first-order chi connectivity index (χ1) is 8.17. The second-order valence-electron chi connectivity index (χ2n) is 6.00. The van der Waals surface area contributed by atoms with Gasteiger partial charge in [0, 0.05) is 24.7 Å². The minimum atomic E-state index is 0.742. The number of rotatable bonds is 4. The highest BCUT2D eigenvalue weighted by Crippen LogP contribution is 2.33. The Morgan fingerprint density at radius 1 is 1.35 bits per heavy atom. The van der Waals surface area contributed by atoms with Crippen molar-refractivity contribution in [2.75, 3.05) is 26.7 Å². The summed E-state index contributed by atoms with van der Waals surface area (Å²) in [5.74, 6) is 0.746. The van der Waals surface area contributed by atoms with Crippen molar-refractivity contribution in [1.29, 1.82) is 0 Å². The summed E-state index contributed by atoms with van der Waals surface area (Å²) in [4.78, 5) is 5.25. The Labute approximate surface area is 106 Å². The van der Waals surface area contributed by atoms with E-state index in [1.54, 1.807) is 0 Å². The van der Waals surface area contributed by atoms with Crippen molar-refractivity contribution in [2.45, 2.75) is 57.7 Å². The van der Waals surface area contributed by atoms with E-state index < -0.39 is 0 Å². The van der Waals surface area contributed by atoms with Crippen LogP contribution in [0.1, 0.15) is 39.5 Å². The second kappa shape index (κ2) is 5.68. The molecule has 4 unspecified atom stereocenters. The largest absolute Gasteiger partial charge is 0.330 e. The molecule has 0 aromatic carbocycles. The van der Waals surface area contributed by atoms with Gasteiger partial charge in [-0.15, -0.1) is 0 Å². The van der Waals surface area contributed by atoms with E-state index >= 15 is 0 Å². The quantitative estimate of drug-likeness (QED) is 0.807. The maximum absolute atomic E-state index is 5.93. The summed E-state index contributed by atoms with van der Waals surface area (Å²) in [6.07, 6.45) is 5.42. The lowest BCUT2D eigenvalue weighted by atomic mass is 9.99. The molecular weight excluding hydrogens is 210 g/mol. The zero-order valence-corrected chi connectivity index (χ0v) is 11.7. The average Bonchev–Trinajstić information content (AvgIpc) is 2.89. The fourth-order valence-electron chi connectivity index (χ4n) is 3.89. The van der Waals surface area contributed by atoms with Crippen LogP contribution in [0.4, 0.5) is 0 Å². The van der Waals surface area contributed by atoms with Crippen LogP contribution in [0.15, 0.2) is 0 Å². The molecule has 3 nitrogen and oxygen atoms in total. The molecule has 17 heavy (non-hydrogen) atoms. The Hall–Kier alpha value is -0.120. The lowest BCUT2D eigenvalue weighted by Gasteiger charge is -2.36. The van der Waals surface area contributed by atoms with Crippen LogP contribution in [0.5, 0.6) is 0 Å². The summed E-state index contributed by atoms with van der Waals surface area (Å²) in [6, 6.07) is 2.26. The Bertz CT molecular complexity index is 234. The van der Waals surface area contributed by atoms with Gasteiger partial charge in [-0.25, -0.2) is 0 Å². The van der Waals surface area contributed by atoms with Gasteiger partial charge in [0.15, 0.2) is 0 Å². The van der Waals surface area contributed by atoms with Crippen LogP contribution in [-0.4, -0.2) is 54.6 Å². The van der Waals surface area contributed by atoms with E-state index in [1.165, 1.54) is 38.8 Å². The molecule has 1 aliphatic carbocycles. The molecule has 2 aliphatic rings. The summed E-state index contributed by atoms with van der Waals surface area (Å²) in [5, 5.41) is 0. The topological polar surface area (TPSA) is 32.5 Å². The molecule has 3 heteroatoms. The molecule has 0 spiro atoms. The van der Waals surface area contributed by atoms with E-state index in [-0.39, 0.29) is 0 Å². The molecule has 4 atom stereocenters. The van der Waals surface area contributed by atoms with Crippen molar-refractivity contribution in [2.24, 2.45) is 11.7 Å². The fourth-order valence-corrected chi connectivity index (χ4v) is 3.89. The Kier molecular flexibility index (Phi) is 4.45. The molecular formula is C14H29N3. The predicted octanol–water partition coefficient (Wildman–Crippen LogP) is 1.53. The summed E-state index contributed by atoms with van der Waals surface area (Å²) >= 11 is 0. The van der Waals surface area contributed by atoms with Crippen LogP contribution in [0.2, 0.25) is 0 Å². The van der Waals surface area contributed by atoms with Crippen molar-refractivity contribution in [1.82, 2.24) is 9.80 Å². The Morgan fingerprint density at radius 2 is 2.12 bits per heavy atom. The van der Waals surface area contributed by atoms with E-state index in [1.807, 2.05) is 0 Å². The van der Waals surface area contributed by atoms with Crippen molar-refractivity contribution in [3.63, 3.8) is 0 Å². The standard InChI is InChI=1S/C14H29N3/c1-4-17(13-8-11(2)16(3)10-13)14-7-5-6-12(14)9-15/h11-14H,4-10,15H2,1-3H3. The van der Waals surface area contributed by atoms with Gasteiger partial charge >= 0.3 is 0 Å². The zero-order chi connectivity index (χ0) is 12.4. The number of likely N-dealkylation sites (tertiary alicyclic amines) is 1. The second-order valence-corrected chi connectivity index (χ2v) is 6.00. The van der Waals surface area contributed by atoms with E-state index in [0.29, 0.717) is 0 Å². The summed E-state index contributed by atoms with van der Waals surface area (Å²) in [5.41, 5.74) is 5.93. The van der Waals surface area contributed by atoms with Crippen LogP contribution in [-0.2, 0) is 0 Å². The van der Waals surface area contributed by atoms with Gasteiger partial charge in [-0.3, -0.25) is 4.90 Å². The van der Waals surface area contributed by atoms with Crippen LogP contribution >= 0.6 is 0 Å². The average molecular weight is 239 g/mol. The summed E-state index contributed by atoms with van der Waals surface area (Å²) in [7, 11) is 2.26. The number of nitrogens with zero attached hydrogens (tertiary/aromatic N) is 2. The first-order valence-electron chi connectivity index (χ1n) is 7.33. The normalized spacial score (nSPS) is 39.4. The molecule has 1 saturated heterocycles. The highest BCUT2D eigenvalue weighted by atomic mass is 15.3. The molecule has 0 radical (unpaired) electrons. The van der Waals surface area contributed by atoms with Gasteiger partial charge < -0.3 is 10.6 Å². The molecule has 100 valence electrons. The van der Waals surface area contributed by atoms with Gasteiger partial charge in [0.25, 0.3) is 0 Å². The predicted molar refractivity (Wildman–Crippen MR) is 73.1 cm³/mol. The highest BCUT2D eigenvalue weighted by Gasteiger charge is 2.37. The van der Waals surface area contributed by atoms with Gasteiger partial charge in [0.2, 0.25) is 0 Å². The molecule has 2 fully saturated rings. The first kappa shape index (κ1) is 13.3. The van der Waals surface area contributed by atoms with Gasteiger partial charge in [-0.2, -0.15) is 0 Å². The van der Waals surface area contributed by atoms with Gasteiger partial charge in [0.05, 0.1) is 0 Å². The van der Waals surface area contributed by atoms with Crippen LogP contribution in [0.25, 0.3) is 0 Å². The third-order valence-electron chi connectivity index (χ3n) is 5.05. The summed E-state index contributed by atoms with van der Waals surface area (Å²) in [6.45, 7) is 7.96. The fraction of sp³-hybridized carbons (Fsp3) is 1.00. The summed E-state index contributed by atoms with van der Waals surface area (Å²) < 4.78 is 0. The van der Waals surface area contributed by atoms with Gasteiger partial charge in [0.1, 0.15) is 0 Å². The molecule has 1 heterocycles. The van der Waals surface area contributed by atoms with Crippen LogP contribution in [0.3, 0.4) is 0 Å². The SMILES string of the molecule is CCN(C1CC(C)N(C)C1)C1CCCC1CN. The van der Waals surface area contributed by atoms with E-state index in [9.17, 15) is 0 Å². The van der Waals surface area contributed by atoms with Crippen molar-refractivity contribution in [3.05, 3.63) is 0 Å². The maximum Gasteiger partial charge on any atom is 0.0240 e. The van der Waals surface area contributed by atoms with Crippen LogP contribution in [0, 0.1) is 5.92 Å². The van der Waals surface area contributed by atoms with Crippen molar-refractivity contribution < 1.29 is 0 Å². The monoisotopic (exact) mass is 239 g/mol. The third kappa shape index (κ3) is 2.67. The lowest BCUT2D eigenvalue weighted by molar-refractivity contribution is 0.117. The van der Waals surface area contributed by atoms with Crippen molar-refractivity contribution >= 4 is 0 Å². The molecule has 1 saturated carbocycles. The van der Waals surface area contributed by atoms with E-state index in [4.69, 9.17) is 5.73 Å². The number of nitrogens with two attached hydrogens (primary N) is 1. The lowest BCUT2D eigenvalue weighted by Crippen LogP contribution is -2.47. The number of hydrogen-bond donors (Lipinski definition) is 1. The number of likely N-dealkylation sites (N-methyl/N-ethyl adjacent to an activating group) is 2. The van der Waals surface area contributed by atoms with Gasteiger partial charge in [-0.1, -0.05) is 13.3 Å². The molecule has 0 amide bonds. The maximum atomic E-state index is 5.93.